The lowest BCUT2D eigenvalue weighted by atomic mass is 10.2. The first kappa shape index (κ1) is 27.0. The summed E-state index contributed by atoms with van der Waals surface area (Å²) in [7, 11) is -4.02. The molecule has 184 valence electrons. The Morgan fingerprint density at radius 1 is 1.03 bits per heavy atom. The van der Waals surface area contributed by atoms with Gasteiger partial charge in [0.2, 0.25) is 0 Å². The van der Waals surface area contributed by atoms with E-state index in [0.29, 0.717) is 25.2 Å². The first-order chi connectivity index (χ1) is 16.1. The summed E-state index contributed by atoms with van der Waals surface area (Å²) in [6.07, 6.45) is 1.22. The zero-order chi connectivity index (χ0) is 25.1. The smallest absolute Gasteiger partial charge is 0.338 e. The predicted molar refractivity (Wildman–Crippen MR) is 131 cm³/mol. The van der Waals surface area contributed by atoms with Gasteiger partial charge in [-0.25, -0.2) is 27.5 Å². The lowest BCUT2D eigenvalue weighted by molar-refractivity contribution is 0.0501. The molecule has 0 radical (unpaired) electrons. The largest absolute Gasteiger partial charge is 0.462 e. The van der Waals surface area contributed by atoms with E-state index in [1.54, 1.807) is 12.1 Å². The van der Waals surface area contributed by atoms with Crippen molar-refractivity contribution in [3.05, 3.63) is 59.7 Å². The molecule has 0 heterocycles. The number of benzene rings is 2. The van der Waals surface area contributed by atoms with Gasteiger partial charge < -0.3 is 15.4 Å². The zero-order valence-electron chi connectivity index (χ0n) is 18.9. The molecule has 0 saturated heterocycles. The van der Waals surface area contributed by atoms with E-state index < -0.39 is 22.0 Å². The summed E-state index contributed by atoms with van der Waals surface area (Å²) >= 11 is 4.06. The van der Waals surface area contributed by atoms with Crippen LogP contribution in [0.1, 0.15) is 35.7 Å². The van der Waals surface area contributed by atoms with Crippen molar-refractivity contribution >= 4 is 46.6 Å². The van der Waals surface area contributed by atoms with Crippen LogP contribution < -0.4 is 15.4 Å². The monoisotopic (exact) mass is 508 g/mol. The first-order valence-electron chi connectivity index (χ1n) is 10.5. The summed E-state index contributed by atoms with van der Waals surface area (Å²) in [6, 6.07) is 10.6. The molecule has 34 heavy (non-hydrogen) atoms. The highest BCUT2D eigenvalue weighted by Gasteiger charge is 2.17. The maximum absolute atomic E-state index is 12.3. The van der Waals surface area contributed by atoms with E-state index in [2.05, 4.69) is 23.4 Å². The highest BCUT2D eigenvalue weighted by Crippen LogP contribution is 2.13. The predicted octanol–water partition coefficient (Wildman–Crippen LogP) is 3.32. The fraction of sp³-hybridized carbons (Fsp3) is 0.318. The molecule has 0 bridgehead atoms. The van der Waals surface area contributed by atoms with Gasteiger partial charge in [0.1, 0.15) is 0 Å². The lowest BCUT2D eigenvalue weighted by Crippen LogP contribution is -2.35. The van der Waals surface area contributed by atoms with Crippen LogP contribution in [0.2, 0.25) is 0 Å². The van der Waals surface area contributed by atoms with Crippen molar-refractivity contribution in [2.24, 2.45) is 0 Å². The fourth-order valence-corrected chi connectivity index (χ4v) is 3.84. The summed E-state index contributed by atoms with van der Waals surface area (Å²) in [5.74, 6) is -0.564. The Bertz CT molecular complexity index is 1090. The highest BCUT2D eigenvalue weighted by atomic mass is 32.2. The van der Waals surface area contributed by atoms with Gasteiger partial charge in [-0.1, -0.05) is 37.4 Å². The molecule has 4 amide bonds. The van der Waals surface area contributed by atoms with Gasteiger partial charge >= 0.3 is 18.0 Å². The molecular weight excluding hydrogens is 480 g/mol. The van der Waals surface area contributed by atoms with Gasteiger partial charge in [0.25, 0.3) is 10.0 Å². The number of nitrogens with one attached hydrogen (secondary N) is 3. The Balaban J connectivity index is 1.77. The van der Waals surface area contributed by atoms with Gasteiger partial charge in [0.05, 0.1) is 17.1 Å². The molecule has 0 atom stereocenters. The molecule has 2 rings (SSSR count). The van der Waals surface area contributed by atoms with E-state index in [0.717, 1.165) is 12.0 Å². The molecule has 0 unspecified atom stereocenters. The molecule has 0 fully saturated rings. The highest BCUT2D eigenvalue weighted by molar-refractivity contribution is 7.90. The molecule has 3 N–H and O–H groups in total. The number of rotatable bonds is 10. The SMILES string of the molecule is CCCN(S)C(=O)NCCCOC(=O)c1ccc(NC(=O)NS(=O)(=O)c2ccc(C)cc2)cc1. The minimum Gasteiger partial charge on any atom is -0.462 e. The van der Waals surface area contributed by atoms with Crippen molar-refractivity contribution in [3.63, 3.8) is 0 Å². The molecule has 0 saturated carbocycles. The van der Waals surface area contributed by atoms with Gasteiger partial charge in [-0.2, -0.15) is 0 Å². The summed E-state index contributed by atoms with van der Waals surface area (Å²) in [5, 5.41) is 5.07. The van der Waals surface area contributed by atoms with E-state index in [9.17, 15) is 22.8 Å². The number of aryl methyl sites for hydroxylation is 1. The molecule has 2 aromatic rings. The Hall–Kier alpha value is -3.25. The molecule has 2 aromatic carbocycles. The van der Waals surface area contributed by atoms with Crippen molar-refractivity contribution in [2.75, 3.05) is 25.0 Å². The number of amides is 4. The summed E-state index contributed by atoms with van der Waals surface area (Å²) in [6.45, 7) is 4.72. The number of thiol groups is 1. The Kier molecular flexibility index (Phi) is 10.2. The third-order valence-electron chi connectivity index (χ3n) is 4.44. The number of carbonyl (C=O) groups is 3. The third kappa shape index (κ3) is 8.60. The van der Waals surface area contributed by atoms with Crippen LogP contribution in [0.15, 0.2) is 53.4 Å². The van der Waals surface area contributed by atoms with Crippen molar-refractivity contribution in [2.45, 2.75) is 31.6 Å². The third-order valence-corrected chi connectivity index (χ3v) is 6.17. The standard InChI is InChI=1S/C22H28N4O6S2/c1-3-14-26(33)22(29)23-13-4-15-32-20(27)17-7-9-18(10-8-17)24-21(28)25-34(30,31)19-11-5-16(2)6-12-19/h5-12,33H,3-4,13-15H2,1-2H3,(H,23,29)(H2,24,25,28). The molecule has 0 aromatic heterocycles. The van der Waals surface area contributed by atoms with Gasteiger partial charge in [-0.05, 0) is 56.2 Å². The van der Waals surface area contributed by atoms with E-state index >= 15 is 0 Å². The van der Waals surface area contributed by atoms with Crippen molar-refractivity contribution in [3.8, 4) is 0 Å². The zero-order valence-corrected chi connectivity index (χ0v) is 20.6. The van der Waals surface area contributed by atoms with Gasteiger partial charge in [-0.3, -0.25) is 4.31 Å². The Labute approximate surface area is 204 Å². The molecule has 0 aliphatic carbocycles. The number of hydrogen-bond acceptors (Lipinski definition) is 7. The number of hydrogen-bond donors (Lipinski definition) is 4. The van der Waals surface area contributed by atoms with Crippen LogP contribution in [0, 0.1) is 6.92 Å². The molecule has 0 aliphatic rings. The van der Waals surface area contributed by atoms with Crippen LogP contribution in [0.3, 0.4) is 0 Å². The average molecular weight is 509 g/mol. The van der Waals surface area contributed by atoms with Crippen LogP contribution in [0.25, 0.3) is 0 Å². The minimum absolute atomic E-state index is 0.0326. The number of carbonyl (C=O) groups excluding carboxylic acids is 3. The van der Waals surface area contributed by atoms with Gasteiger partial charge in [-0.15, -0.1) is 0 Å². The van der Waals surface area contributed by atoms with Crippen LogP contribution in [0.5, 0.6) is 0 Å². The average Bonchev–Trinajstić information content (AvgIpc) is 2.79. The Morgan fingerprint density at radius 3 is 2.29 bits per heavy atom. The summed E-state index contributed by atoms with van der Waals surface area (Å²) in [4.78, 5) is 35.9. The molecule has 12 heteroatoms. The Morgan fingerprint density at radius 2 is 1.68 bits per heavy atom. The van der Waals surface area contributed by atoms with E-state index in [4.69, 9.17) is 4.74 Å². The van der Waals surface area contributed by atoms with Gasteiger partial charge in [0.15, 0.2) is 0 Å². The van der Waals surface area contributed by atoms with Gasteiger partial charge in [0, 0.05) is 18.8 Å². The fourth-order valence-electron chi connectivity index (χ4n) is 2.66. The molecular formula is C22H28N4O6S2. The lowest BCUT2D eigenvalue weighted by Gasteiger charge is -2.15. The number of ether oxygens (including phenoxy) is 1. The number of nitrogens with zero attached hydrogens (tertiary/aromatic N) is 1. The quantitative estimate of drug-likeness (QED) is 0.221. The molecule has 0 aliphatic heterocycles. The van der Waals surface area contributed by atoms with Crippen molar-refractivity contribution < 1.29 is 27.5 Å². The molecule has 0 spiro atoms. The second kappa shape index (κ2) is 12.8. The number of anilines is 1. The van der Waals surface area contributed by atoms with E-state index in [1.165, 1.54) is 40.7 Å². The second-order valence-electron chi connectivity index (χ2n) is 7.29. The second-order valence-corrected chi connectivity index (χ2v) is 9.46. The topological polar surface area (TPSA) is 134 Å². The van der Waals surface area contributed by atoms with Crippen molar-refractivity contribution in [1.29, 1.82) is 0 Å². The van der Waals surface area contributed by atoms with E-state index in [1.807, 2.05) is 18.6 Å². The minimum atomic E-state index is -4.02. The summed E-state index contributed by atoms with van der Waals surface area (Å²) < 4.78 is 32.9. The normalized spacial score (nSPS) is 10.8. The van der Waals surface area contributed by atoms with Crippen LogP contribution in [0.4, 0.5) is 15.3 Å². The van der Waals surface area contributed by atoms with E-state index in [-0.39, 0.29) is 23.1 Å². The van der Waals surface area contributed by atoms with Crippen LogP contribution in [-0.4, -0.2) is 50.5 Å². The molecule has 10 nitrogen and oxygen atoms in total. The number of esters is 1. The first-order valence-corrected chi connectivity index (χ1v) is 12.4. The number of sulfonamides is 1. The number of urea groups is 2. The maximum atomic E-state index is 12.3. The maximum Gasteiger partial charge on any atom is 0.338 e. The van der Waals surface area contributed by atoms with Crippen molar-refractivity contribution in [1.82, 2.24) is 14.3 Å². The van der Waals surface area contributed by atoms with Crippen LogP contribution >= 0.6 is 12.8 Å². The summed E-state index contributed by atoms with van der Waals surface area (Å²) in [5.41, 5.74) is 1.44. The van der Waals surface area contributed by atoms with Crippen LogP contribution in [-0.2, 0) is 14.8 Å².